The zero-order valence-corrected chi connectivity index (χ0v) is 58.3. The highest BCUT2D eigenvalue weighted by molar-refractivity contribution is 6.07. The number of nitrogens with two attached hydrogens (primary N) is 1. The summed E-state index contributed by atoms with van der Waals surface area (Å²) in [6.07, 6.45) is 16.9. The molecule has 13 rings (SSSR count). The van der Waals surface area contributed by atoms with E-state index in [1.165, 1.54) is 69.9 Å². The number of hydrazine groups is 2. The van der Waals surface area contributed by atoms with Crippen LogP contribution in [0.25, 0.3) is 104 Å². The molecule has 6 aromatic heterocycles. The Hall–Kier alpha value is -13.6. The average molecular weight is 1430 g/mol. The first kappa shape index (κ1) is 74.1. The minimum absolute atomic E-state index is 0.107. The van der Waals surface area contributed by atoms with E-state index in [1.807, 2.05) is 55.5 Å². The number of benzene rings is 7. The molecule has 25 nitrogen and oxygen atoms in total. The Morgan fingerprint density at radius 1 is 0.543 bits per heavy atom. The van der Waals surface area contributed by atoms with Gasteiger partial charge >= 0.3 is 12.1 Å². The third-order valence-corrected chi connectivity index (χ3v) is 15.5. The highest BCUT2D eigenvalue weighted by Crippen LogP contribution is 2.38. The van der Waals surface area contributed by atoms with Crippen molar-refractivity contribution in [2.75, 3.05) is 28.4 Å². The Balaban J connectivity index is 0.000000151. The summed E-state index contributed by atoms with van der Waals surface area (Å²) in [6, 6.07) is 35.6. The van der Waals surface area contributed by atoms with Crippen molar-refractivity contribution in [2.45, 2.75) is 33.3 Å². The number of carbonyl (C=O) groups excluding carboxylic acids is 4. The topological polar surface area (TPSA) is 324 Å². The van der Waals surface area contributed by atoms with Crippen molar-refractivity contribution in [3.63, 3.8) is 0 Å². The lowest BCUT2D eigenvalue weighted by molar-refractivity contribution is 0.0482. The van der Waals surface area contributed by atoms with Crippen molar-refractivity contribution in [3.05, 3.63) is 237 Å². The molecule has 0 aliphatic heterocycles. The summed E-state index contributed by atoms with van der Waals surface area (Å²) in [5, 5.41) is 33.1. The molecule has 13 aromatic rings. The molecule has 536 valence electrons. The van der Waals surface area contributed by atoms with Crippen LogP contribution in [0.4, 0.5) is 22.4 Å². The second kappa shape index (κ2) is 33.3. The summed E-state index contributed by atoms with van der Waals surface area (Å²) in [4.78, 5) is 56.5. The van der Waals surface area contributed by atoms with Crippen LogP contribution in [0.1, 0.15) is 103 Å². The fourth-order valence-corrected chi connectivity index (χ4v) is 10.8. The van der Waals surface area contributed by atoms with E-state index in [9.17, 15) is 36.7 Å². The number of halogens is 4. The molecule has 0 aliphatic rings. The number of esters is 1. The third kappa shape index (κ3) is 18.0. The highest BCUT2D eigenvalue weighted by atomic mass is 19.1. The number of aromatic nitrogens is 12. The van der Waals surface area contributed by atoms with Crippen LogP contribution in [0, 0.1) is 30.2 Å². The predicted molar refractivity (Wildman–Crippen MR) is 392 cm³/mol. The number of carbonyl (C=O) groups is 4. The number of aromatic amines is 3. The average Bonchev–Trinajstić information content (AvgIpc) is 1.68. The Bertz CT molecular complexity index is 5480. The Morgan fingerprint density at radius 3 is 1.71 bits per heavy atom. The molecule has 0 radical (unpaired) electrons. The highest BCUT2D eigenvalue weighted by Gasteiger charge is 2.24. The van der Waals surface area contributed by atoms with Crippen LogP contribution in [-0.4, -0.2) is 118 Å². The van der Waals surface area contributed by atoms with Gasteiger partial charge in [-0.05, 0) is 159 Å². The molecule has 29 heteroatoms. The van der Waals surface area contributed by atoms with Crippen LogP contribution in [-0.2, 0) is 23.6 Å². The molecule has 0 saturated carbocycles. The number of rotatable bonds is 15. The number of methoxy groups -OCH3 is 4. The molecule has 7 aromatic carbocycles. The maximum Gasteiger partial charge on any atom is 0.426 e. The van der Waals surface area contributed by atoms with E-state index in [-0.39, 0.29) is 34.3 Å². The first-order chi connectivity index (χ1) is 50.5. The normalized spacial score (nSPS) is 11.4. The molecule has 0 aliphatic carbocycles. The third-order valence-electron chi connectivity index (χ3n) is 15.5. The van der Waals surface area contributed by atoms with E-state index in [1.54, 1.807) is 149 Å². The first-order valence-corrected chi connectivity index (χ1v) is 32.0. The largest absolute Gasteiger partial charge is 0.495 e. The van der Waals surface area contributed by atoms with Gasteiger partial charge in [-0.25, -0.2) is 43.4 Å². The van der Waals surface area contributed by atoms with Crippen molar-refractivity contribution < 1.29 is 60.4 Å². The number of nitrogens with one attached hydrogen (secondary N) is 6. The zero-order valence-electron chi connectivity index (χ0n) is 58.3. The smallest absolute Gasteiger partial charge is 0.426 e. The summed E-state index contributed by atoms with van der Waals surface area (Å²) < 4.78 is 83.6. The molecule has 0 fully saturated rings. The van der Waals surface area contributed by atoms with Crippen molar-refractivity contribution >= 4 is 116 Å². The summed E-state index contributed by atoms with van der Waals surface area (Å²) in [5.74, 6) is 4.45. The van der Waals surface area contributed by atoms with Crippen molar-refractivity contribution in [3.8, 4) is 28.6 Å². The number of ether oxygens (including phenoxy) is 5. The summed E-state index contributed by atoms with van der Waals surface area (Å²) >= 11 is 0. The predicted octanol–water partition coefficient (Wildman–Crippen LogP) is 13.6. The summed E-state index contributed by atoms with van der Waals surface area (Å²) in [6.45, 7) is 6.98. The Kier molecular flexibility index (Phi) is 23.5. The summed E-state index contributed by atoms with van der Waals surface area (Å²) in [5.41, 5.74) is 15.4. The molecule has 3 amide bonds. The molecule has 0 atom stereocenters. The van der Waals surface area contributed by atoms with Gasteiger partial charge in [0, 0.05) is 37.9 Å². The number of aryl methyl sites for hydroxylation is 3. The van der Waals surface area contributed by atoms with Crippen LogP contribution in [0.3, 0.4) is 0 Å². The number of fused-ring (bicyclic) bond motifs is 4. The van der Waals surface area contributed by atoms with Crippen molar-refractivity contribution in [1.82, 2.24) is 76.4 Å². The van der Waals surface area contributed by atoms with Crippen molar-refractivity contribution in [2.24, 2.45) is 19.9 Å². The molecule has 0 saturated heterocycles. The van der Waals surface area contributed by atoms with Crippen LogP contribution >= 0.6 is 0 Å². The van der Waals surface area contributed by atoms with Gasteiger partial charge in [0.05, 0.1) is 112 Å². The monoisotopic (exact) mass is 1430 g/mol. The minimum Gasteiger partial charge on any atom is -0.495 e. The van der Waals surface area contributed by atoms with Crippen LogP contribution in [0.5, 0.6) is 17.2 Å². The van der Waals surface area contributed by atoms with E-state index >= 15 is 0 Å². The molecular weight excluding hydrogens is 1360 g/mol. The molecule has 0 spiro atoms. The van der Waals surface area contributed by atoms with Gasteiger partial charge < -0.3 is 23.7 Å². The number of nitrogen functional groups attached to an aromatic ring is 1. The van der Waals surface area contributed by atoms with E-state index < -0.39 is 35.3 Å². The SMILES string of the molecule is COC(=O)c1cc2c(/C=C/c3cccnc3)nn(C)c2cc1F.COc1c(-c2n[nH]c(C)n2)ccc2[nH]nc(/C=C/c3cccc(F)c3)c12.COc1c(C(=O)NN)ccc2n[nH]c(/C=C/c3cccc(F)c3)c12.COc1c(C(=O)NNC(=O)OC(C)(C)C)ccc2c1c(/C=C/c1cccc(F)c1)nn2C. The second-order valence-electron chi connectivity index (χ2n) is 23.8. The van der Waals surface area contributed by atoms with Gasteiger partial charge in [-0.1, -0.05) is 66.8 Å². The van der Waals surface area contributed by atoms with E-state index in [0.717, 1.165) is 38.9 Å². The second-order valence-corrected chi connectivity index (χ2v) is 23.8. The lowest BCUT2D eigenvalue weighted by Crippen LogP contribution is -2.44. The van der Waals surface area contributed by atoms with Crippen LogP contribution < -0.4 is 36.3 Å². The minimum atomic E-state index is -0.786. The van der Waals surface area contributed by atoms with Crippen LogP contribution in [0.2, 0.25) is 0 Å². The quantitative estimate of drug-likeness (QED) is 0.0165. The van der Waals surface area contributed by atoms with Gasteiger partial charge in [-0.2, -0.15) is 25.5 Å². The Morgan fingerprint density at radius 2 is 1.12 bits per heavy atom. The number of amides is 3. The maximum absolute atomic E-state index is 14.0. The first-order valence-electron chi connectivity index (χ1n) is 32.0. The fraction of sp³-hybridized carbons (Fsp3) is 0.145. The number of hydrogen-bond acceptors (Lipinski definition) is 17. The molecule has 8 N–H and O–H groups in total. The Labute approximate surface area is 597 Å². The summed E-state index contributed by atoms with van der Waals surface area (Å²) in [7, 11) is 9.23. The van der Waals surface area contributed by atoms with Gasteiger partial charge in [0.1, 0.15) is 51.9 Å². The van der Waals surface area contributed by atoms with Gasteiger partial charge in [-0.15, -0.1) is 0 Å². The molecule has 6 heterocycles. The standard InChI is InChI=1S/C23H25FN4O4.C19H16FN5O.C17H15FN4O2.C17H14FN3O2/c1-23(2,3)32-22(30)26-25-21(29)16-10-12-18-19(20(16)31-5)17(27-28(18)4)11-9-14-7-6-8-15(24)13-14;1-11-21-19(25-22-11)14-7-9-16-17(18(14)26-2)15(23-24-16)8-6-12-4-3-5-13(20)10-12;1-24-16-12(17(23)20-19)6-8-14-15(16)13(21-22-14)7-5-10-3-2-4-11(18)9-10;1-21-16-9-14(18)12(17(22)23-2)8-13(16)15(20-21)6-5-11-4-3-7-19-10-11/h6-13H,1-5H3,(H,25,29)(H,26,30);3-10H,1-2H3,(H,23,24)(H,21,22,25);2-9H,19H2,1H3,(H,20,23)(H,21,22);3-10H,1-2H3/b11-9+;8-6+;7-5+;6-5+. The molecule has 105 heavy (non-hydrogen) atoms. The molecule has 0 bridgehead atoms. The van der Waals surface area contributed by atoms with E-state index in [2.05, 4.69) is 71.8 Å². The maximum atomic E-state index is 14.0. The van der Waals surface area contributed by atoms with Crippen molar-refractivity contribution in [1.29, 1.82) is 0 Å². The van der Waals surface area contributed by atoms with Gasteiger partial charge in [0.25, 0.3) is 11.8 Å². The van der Waals surface area contributed by atoms with Gasteiger partial charge in [-0.3, -0.25) is 50.1 Å². The number of H-pyrrole nitrogens is 3. The lowest BCUT2D eigenvalue weighted by atomic mass is 10.1. The van der Waals surface area contributed by atoms with Crippen LogP contribution in [0.15, 0.2) is 146 Å². The molecular formula is C76H70F4N16O9. The van der Waals surface area contributed by atoms with Gasteiger partial charge in [0.2, 0.25) is 0 Å². The number of nitrogens with zero attached hydrogens (tertiary/aromatic N) is 9. The number of pyridine rings is 1. The van der Waals surface area contributed by atoms with Gasteiger partial charge in [0.15, 0.2) is 5.82 Å². The van der Waals surface area contributed by atoms with E-state index in [0.29, 0.717) is 84.0 Å². The number of hydrogen-bond donors (Lipinski definition) is 7. The van der Waals surface area contributed by atoms with E-state index in [4.69, 9.17) is 24.8 Å². The fourth-order valence-electron chi connectivity index (χ4n) is 10.8. The molecule has 0 unspecified atom stereocenters. The zero-order chi connectivity index (χ0) is 75.1. The lowest BCUT2D eigenvalue weighted by Gasteiger charge is -2.20.